The van der Waals surface area contributed by atoms with Gasteiger partial charge in [-0.05, 0) is 73.0 Å². The first-order valence-electron chi connectivity index (χ1n) is 10.9. The van der Waals surface area contributed by atoms with Gasteiger partial charge in [0.05, 0.1) is 26.7 Å². The van der Waals surface area contributed by atoms with E-state index in [0.717, 1.165) is 34.9 Å². The molecule has 0 aliphatic rings. The molecule has 0 saturated heterocycles. The van der Waals surface area contributed by atoms with Crippen molar-refractivity contribution in [2.45, 2.75) is 33.4 Å². The van der Waals surface area contributed by atoms with Crippen molar-refractivity contribution in [3.8, 4) is 22.6 Å². The van der Waals surface area contributed by atoms with Crippen LogP contribution in [0.3, 0.4) is 0 Å². The summed E-state index contributed by atoms with van der Waals surface area (Å²) in [5.41, 5.74) is 3.60. The topological polar surface area (TPSA) is 142 Å². The van der Waals surface area contributed by atoms with Gasteiger partial charge in [0.1, 0.15) is 21.6 Å². The first-order chi connectivity index (χ1) is 18.0. The monoisotopic (exact) mass is 618 g/mol. The van der Waals surface area contributed by atoms with Crippen molar-refractivity contribution in [2.75, 3.05) is 0 Å². The first-order valence-corrected chi connectivity index (χ1v) is 14.6. The van der Waals surface area contributed by atoms with Crippen molar-refractivity contribution in [2.24, 2.45) is 0 Å². The molecular weight excluding hydrogens is 598 g/mol. The molecule has 198 valence electrons. The number of benzene rings is 4. The van der Waals surface area contributed by atoms with Crippen molar-refractivity contribution in [3.05, 3.63) is 96.1 Å². The summed E-state index contributed by atoms with van der Waals surface area (Å²) in [6, 6.07) is 21.7. The Hall–Kier alpha value is -1.23. The second-order valence-electron chi connectivity index (χ2n) is 8.21. The minimum Gasteiger partial charge on any atom is -0.744 e. The van der Waals surface area contributed by atoms with Crippen molar-refractivity contribution in [1.29, 1.82) is 0 Å². The van der Waals surface area contributed by atoms with E-state index < -0.39 is 29.7 Å². The van der Waals surface area contributed by atoms with E-state index >= 15 is 0 Å². The molecule has 0 saturated carbocycles. The van der Waals surface area contributed by atoms with E-state index in [-0.39, 0.29) is 80.4 Å². The molecule has 0 aliphatic heterocycles. The fourth-order valence-electron chi connectivity index (χ4n) is 3.55. The van der Waals surface area contributed by atoms with Gasteiger partial charge in [0.15, 0.2) is 0 Å². The minimum atomic E-state index is -5.12. The van der Waals surface area contributed by atoms with Crippen LogP contribution in [-0.2, 0) is 29.3 Å². The molecule has 0 radical (unpaired) electrons. The third-order valence-corrected chi connectivity index (χ3v) is 8.93. The van der Waals surface area contributed by atoms with Gasteiger partial charge in [-0.2, -0.15) is 4.33 Å². The maximum Gasteiger partial charge on any atom is 1.00 e. The number of hydrogen-bond donors (Lipinski definition) is 0. The Kier molecular flexibility index (Phi) is 12.9. The molecule has 0 aromatic heterocycles. The Bertz CT molecular complexity index is 1680. The van der Waals surface area contributed by atoms with E-state index in [1.165, 1.54) is 18.2 Å². The number of sulfone groups is 1. The van der Waals surface area contributed by atoms with Gasteiger partial charge in [-0.1, -0.05) is 48.0 Å². The summed E-state index contributed by atoms with van der Waals surface area (Å²) >= 11 is 0.519. The van der Waals surface area contributed by atoms with Crippen LogP contribution in [0.15, 0.2) is 105 Å². The van der Waals surface area contributed by atoms with Gasteiger partial charge in [-0.25, -0.2) is 16.8 Å². The number of aryl methyl sites for hydroxylation is 2. The van der Waals surface area contributed by atoms with Crippen molar-refractivity contribution < 1.29 is 99.9 Å². The predicted octanol–water partition coefficient (Wildman–Crippen LogP) is -1.26. The van der Waals surface area contributed by atoms with E-state index in [1.54, 1.807) is 31.2 Å². The van der Waals surface area contributed by atoms with E-state index in [9.17, 15) is 26.6 Å². The van der Waals surface area contributed by atoms with Crippen LogP contribution in [0.2, 0.25) is 0 Å². The predicted molar refractivity (Wildman–Crippen MR) is 136 cm³/mol. The summed E-state index contributed by atoms with van der Waals surface area (Å²) in [6.45, 7) is 3.64. The normalized spacial score (nSPS) is 11.3. The summed E-state index contributed by atoms with van der Waals surface area (Å²) in [7, 11) is -9.38. The van der Waals surface area contributed by atoms with Crippen LogP contribution in [0.1, 0.15) is 11.1 Å². The Morgan fingerprint density at radius 1 is 0.725 bits per heavy atom. The second kappa shape index (κ2) is 14.8. The van der Waals surface area contributed by atoms with Gasteiger partial charge in [0.2, 0.25) is 9.84 Å². The molecule has 0 unspecified atom stereocenters. The van der Waals surface area contributed by atoms with Gasteiger partial charge in [-0.3, -0.25) is 5.04 Å². The second-order valence-corrected chi connectivity index (χ2v) is 12.2. The molecule has 0 amide bonds. The van der Waals surface area contributed by atoms with Crippen molar-refractivity contribution >= 4 is 32.0 Å². The minimum absolute atomic E-state index is 0. The summed E-state index contributed by atoms with van der Waals surface area (Å²) in [5, 5.41) is 13.5. The summed E-state index contributed by atoms with van der Waals surface area (Å²) < 4.78 is 72.6. The first kappa shape index (κ1) is 35.0. The van der Waals surface area contributed by atoms with Crippen LogP contribution in [-0.4, -0.2) is 21.4 Å². The summed E-state index contributed by atoms with van der Waals surface area (Å²) in [4.78, 5) is -1.19. The van der Waals surface area contributed by atoms with E-state index in [0.29, 0.717) is 17.6 Å². The molecule has 0 atom stereocenters. The average Bonchev–Trinajstić information content (AvgIpc) is 2.88. The maximum atomic E-state index is 13.2. The molecule has 4 aromatic rings. The van der Waals surface area contributed by atoms with E-state index in [1.807, 2.05) is 31.2 Å². The third kappa shape index (κ3) is 8.42. The van der Waals surface area contributed by atoms with Gasteiger partial charge < -0.3 is 14.5 Å². The van der Waals surface area contributed by atoms with E-state index in [4.69, 9.17) is 4.74 Å². The Balaban J connectivity index is 0.00000280. The van der Waals surface area contributed by atoms with Crippen molar-refractivity contribution in [1.82, 2.24) is 0 Å². The maximum absolute atomic E-state index is 13.2. The average molecular weight is 619 g/mol. The van der Waals surface area contributed by atoms with Crippen LogP contribution < -0.4 is 69.1 Å². The van der Waals surface area contributed by atoms with Gasteiger partial charge in [0, 0.05) is 4.90 Å². The van der Waals surface area contributed by atoms with Crippen LogP contribution in [0.25, 0.3) is 11.1 Å². The Labute approximate surface area is 281 Å². The molecule has 0 bridgehead atoms. The molecular formula is C26H20Na2O9S3. The number of rotatable bonds is 9. The smallest absolute Gasteiger partial charge is 0.744 e. The van der Waals surface area contributed by atoms with Crippen LogP contribution in [0.4, 0.5) is 0 Å². The van der Waals surface area contributed by atoms with Gasteiger partial charge >= 0.3 is 59.1 Å². The Morgan fingerprint density at radius 2 is 1.27 bits per heavy atom. The largest absolute Gasteiger partial charge is 1.00 e. The molecule has 40 heavy (non-hydrogen) atoms. The third-order valence-electron chi connectivity index (χ3n) is 5.58. The van der Waals surface area contributed by atoms with Gasteiger partial charge in [0.25, 0.3) is 0 Å². The zero-order valence-corrected chi connectivity index (χ0v) is 28.4. The molecule has 0 heterocycles. The zero-order chi connectivity index (χ0) is 27.5. The fourth-order valence-corrected chi connectivity index (χ4v) is 6.11. The zero-order valence-electron chi connectivity index (χ0n) is 22.0. The quantitative estimate of drug-likeness (QED) is 0.0734. The number of ether oxygens (including phenoxy) is 1. The SMILES string of the molecule is Cc1ccc(-c2ccc(Oc3ccc(S(=O)(=O)c4ccc(C)c(SOO[O-])c4)cc3S(=O)(=O)[O-])cc2)cc1.[Na+].[Na+]. The number of hydrogen-bond acceptors (Lipinski definition) is 10. The standard InChI is InChI=1S/C26H22O9S3.2Na/c1-17-3-6-19(7-4-17)20-8-10-21(11-9-20)33-24-14-13-23(16-26(24)38(30,31)32)37(28,29)22-12-5-18(2)25(15-22)36-35-34-27;;/h3-16,27H,1-2H3,(H,30,31,32);;/q;2*+1/p-2. The Morgan fingerprint density at radius 3 is 1.85 bits per heavy atom. The molecule has 0 spiro atoms. The van der Waals surface area contributed by atoms with Crippen LogP contribution in [0, 0.1) is 13.8 Å². The van der Waals surface area contributed by atoms with Crippen LogP contribution in [0.5, 0.6) is 11.5 Å². The van der Waals surface area contributed by atoms with Gasteiger partial charge in [-0.15, -0.1) is 0 Å². The fraction of sp³-hybridized carbons (Fsp3) is 0.0769. The summed E-state index contributed by atoms with van der Waals surface area (Å²) in [6.07, 6.45) is 0. The molecule has 0 N–H and O–H groups in total. The van der Waals surface area contributed by atoms with Crippen LogP contribution >= 0.6 is 12.0 Å². The molecule has 4 rings (SSSR count). The summed E-state index contributed by atoms with van der Waals surface area (Å²) in [5.74, 6) is -0.0645. The molecule has 0 aliphatic carbocycles. The molecule has 0 fully saturated rings. The van der Waals surface area contributed by atoms with Crippen molar-refractivity contribution in [3.63, 3.8) is 0 Å². The molecule has 4 aromatic carbocycles. The molecule has 9 nitrogen and oxygen atoms in total. The molecule has 14 heteroatoms. The van der Waals surface area contributed by atoms with E-state index in [2.05, 4.69) is 9.37 Å².